The molecule has 1 fully saturated rings. The van der Waals surface area contributed by atoms with E-state index in [1.807, 2.05) is 31.2 Å². The first-order valence-electron chi connectivity index (χ1n) is 10.6. The monoisotopic (exact) mass is 494 g/mol. The largest absolute Gasteiger partial charge is 0.489 e. The third-order valence-corrected chi connectivity index (χ3v) is 5.95. The summed E-state index contributed by atoms with van der Waals surface area (Å²) in [6, 6.07) is 17.7. The number of benzene rings is 3. The predicted molar refractivity (Wildman–Crippen MR) is 130 cm³/mol. The van der Waals surface area contributed by atoms with Gasteiger partial charge in [-0.2, -0.15) is 0 Å². The van der Waals surface area contributed by atoms with Crippen LogP contribution in [0.4, 0.5) is 19.3 Å². The number of aryl methyl sites for hydroxylation is 1. The van der Waals surface area contributed by atoms with Gasteiger partial charge in [-0.1, -0.05) is 42.0 Å². The summed E-state index contributed by atoms with van der Waals surface area (Å²) in [5.74, 6) is -2.51. The van der Waals surface area contributed by atoms with E-state index in [0.29, 0.717) is 35.7 Å². The molecule has 0 atom stereocenters. The van der Waals surface area contributed by atoms with Gasteiger partial charge < -0.3 is 10.1 Å². The molecule has 4 rings (SSSR count). The number of carbonyl (C=O) groups is 3. The minimum atomic E-state index is -0.960. The number of nitrogens with zero attached hydrogens (tertiary/aromatic N) is 1. The van der Waals surface area contributed by atoms with Crippen LogP contribution in [0.1, 0.15) is 16.7 Å². The van der Waals surface area contributed by atoms with E-state index < -0.39 is 35.2 Å². The van der Waals surface area contributed by atoms with E-state index in [-0.39, 0.29) is 10.6 Å². The van der Waals surface area contributed by atoms with E-state index >= 15 is 0 Å². The van der Waals surface area contributed by atoms with Crippen LogP contribution in [0.25, 0.3) is 6.08 Å². The maximum atomic E-state index is 13.7. The number of hydrogen-bond acceptors (Lipinski definition) is 5. The van der Waals surface area contributed by atoms with Crippen molar-refractivity contribution >= 4 is 40.6 Å². The molecule has 0 spiro atoms. The second-order valence-corrected chi connectivity index (χ2v) is 8.78. The number of amides is 3. The Morgan fingerprint density at radius 2 is 1.83 bits per heavy atom. The van der Waals surface area contributed by atoms with Gasteiger partial charge in [0.2, 0.25) is 5.91 Å². The molecule has 6 nitrogen and oxygen atoms in total. The molecule has 3 aromatic carbocycles. The molecule has 0 saturated carbocycles. The molecule has 1 N–H and O–H groups in total. The number of halogens is 2. The average molecular weight is 495 g/mol. The SMILES string of the molecule is Cc1cccc(COc2ccc(C=C3SC(=O)N(CC(=O)Nc4ccc(F)cc4F)C3=O)cc2)c1. The molecule has 9 heteroatoms. The third-order valence-electron chi connectivity index (χ3n) is 5.05. The van der Waals surface area contributed by atoms with E-state index in [4.69, 9.17) is 4.74 Å². The van der Waals surface area contributed by atoms with Crippen LogP contribution in [0.15, 0.2) is 71.6 Å². The minimum absolute atomic E-state index is 0.157. The molecule has 1 saturated heterocycles. The Labute approximate surface area is 204 Å². The number of thioether (sulfide) groups is 1. The highest BCUT2D eigenvalue weighted by Gasteiger charge is 2.36. The Morgan fingerprint density at radius 3 is 2.54 bits per heavy atom. The first-order chi connectivity index (χ1) is 16.8. The van der Waals surface area contributed by atoms with Crippen molar-refractivity contribution in [2.75, 3.05) is 11.9 Å². The molecular formula is C26H20F2N2O4S. The van der Waals surface area contributed by atoms with Crippen LogP contribution in [-0.4, -0.2) is 28.5 Å². The van der Waals surface area contributed by atoms with Crippen LogP contribution in [-0.2, 0) is 16.2 Å². The standard InChI is InChI=1S/C26H20F2N2O4S/c1-16-3-2-4-18(11-16)15-34-20-8-5-17(6-9-20)12-23-25(32)30(26(33)35-23)14-24(31)29-22-10-7-19(27)13-21(22)28/h2-13H,14-15H2,1H3,(H,29,31). The highest BCUT2D eigenvalue weighted by Crippen LogP contribution is 2.32. The molecule has 3 amide bonds. The smallest absolute Gasteiger partial charge is 0.294 e. The Kier molecular flexibility index (Phi) is 7.26. The molecule has 0 aromatic heterocycles. The van der Waals surface area contributed by atoms with Crippen LogP contribution in [0.5, 0.6) is 5.75 Å². The summed E-state index contributed by atoms with van der Waals surface area (Å²) in [5, 5.41) is 1.62. The van der Waals surface area contributed by atoms with Gasteiger partial charge in [-0.05, 0) is 60.2 Å². The van der Waals surface area contributed by atoms with Crippen molar-refractivity contribution in [1.29, 1.82) is 0 Å². The molecule has 3 aromatic rings. The topological polar surface area (TPSA) is 75.7 Å². The Balaban J connectivity index is 1.36. The van der Waals surface area contributed by atoms with Crippen LogP contribution in [0.3, 0.4) is 0 Å². The maximum Gasteiger partial charge on any atom is 0.294 e. The number of ether oxygens (including phenoxy) is 1. The Hall–Kier alpha value is -3.98. The van der Waals surface area contributed by atoms with Crippen LogP contribution in [0.2, 0.25) is 0 Å². The van der Waals surface area contributed by atoms with E-state index in [2.05, 4.69) is 5.32 Å². The summed E-state index contributed by atoms with van der Waals surface area (Å²) in [5.41, 5.74) is 2.63. The number of anilines is 1. The van der Waals surface area contributed by atoms with Crippen molar-refractivity contribution < 1.29 is 27.9 Å². The van der Waals surface area contributed by atoms with Gasteiger partial charge in [0.15, 0.2) is 0 Å². The fourth-order valence-corrected chi connectivity index (χ4v) is 4.18. The van der Waals surface area contributed by atoms with Crippen molar-refractivity contribution in [3.05, 3.63) is 100.0 Å². The summed E-state index contributed by atoms with van der Waals surface area (Å²) >= 11 is 0.707. The lowest BCUT2D eigenvalue weighted by atomic mass is 10.1. The minimum Gasteiger partial charge on any atom is -0.489 e. The fraction of sp³-hybridized carbons (Fsp3) is 0.115. The second kappa shape index (κ2) is 10.5. The van der Waals surface area contributed by atoms with E-state index in [1.54, 1.807) is 30.3 Å². The van der Waals surface area contributed by atoms with Crippen molar-refractivity contribution in [3.63, 3.8) is 0 Å². The number of rotatable bonds is 7. The summed E-state index contributed by atoms with van der Waals surface area (Å²) in [6.45, 7) is 1.84. The van der Waals surface area contributed by atoms with Crippen LogP contribution in [0, 0.1) is 18.6 Å². The molecule has 0 bridgehead atoms. The lowest BCUT2D eigenvalue weighted by molar-refractivity contribution is -0.127. The second-order valence-electron chi connectivity index (χ2n) is 7.79. The van der Waals surface area contributed by atoms with Crippen molar-refractivity contribution in [1.82, 2.24) is 4.90 Å². The average Bonchev–Trinajstić information content (AvgIpc) is 3.08. The van der Waals surface area contributed by atoms with Gasteiger partial charge in [0, 0.05) is 6.07 Å². The molecule has 178 valence electrons. The predicted octanol–water partition coefficient (Wildman–Crippen LogP) is 5.53. The molecule has 35 heavy (non-hydrogen) atoms. The molecule has 0 radical (unpaired) electrons. The van der Waals surface area contributed by atoms with Gasteiger partial charge in [-0.3, -0.25) is 19.3 Å². The lowest BCUT2D eigenvalue weighted by Gasteiger charge is -2.12. The van der Waals surface area contributed by atoms with Gasteiger partial charge in [-0.25, -0.2) is 8.78 Å². The zero-order valence-electron chi connectivity index (χ0n) is 18.6. The summed E-state index contributed by atoms with van der Waals surface area (Å²) in [6.07, 6.45) is 1.55. The van der Waals surface area contributed by atoms with Crippen LogP contribution >= 0.6 is 11.8 Å². The van der Waals surface area contributed by atoms with E-state index in [9.17, 15) is 23.2 Å². The Bertz CT molecular complexity index is 1330. The molecule has 0 unspecified atom stereocenters. The number of imide groups is 1. The van der Waals surface area contributed by atoms with Crippen molar-refractivity contribution in [2.45, 2.75) is 13.5 Å². The first kappa shape index (κ1) is 24.2. The van der Waals surface area contributed by atoms with Gasteiger partial charge in [0.1, 0.15) is 30.5 Å². The molecule has 1 aliphatic rings. The van der Waals surface area contributed by atoms with Crippen molar-refractivity contribution in [2.24, 2.45) is 0 Å². The number of hydrogen-bond donors (Lipinski definition) is 1. The molecular weight excluding hydrogens is 474 g/mol. The van der Waals surface area contributed by atoms with Gasteiger partial charge in [0.25, 0.3) is 11.1 Å². The van der Waals surface area contributed by atoms with E-state index in [1.165, 1.54) is 0 Å². The normalized spacial score (nSPS) is 14.5. The van der Waals surface area contributed by atoms with Gasteiger partial charge in [0.05, 0.1) is 10.6 Å². The quantitative estimate of drug-likeness (QED) is 0.438. The summed E-state index contributed by atoms with van der Waals surface area (Å²) in [7, 11) is 0. The first-order valence-corrected chi connectivity index (χ1v) is 11.4. The third kappa shape index (κ3) is 6.13. The molecule has 1 heterocycles. The zero-order valence-corrected chi connectivity index (χ0v) is 19.4. The fourth-order valence-electron chi connectivity index (χ4n) is 3.34. The molecule has 0 aliphatic carbocycles. The van der Waals surface area contributed by atoms with Crippen molar-refractivity contribution in [3.8, 4) is 5.75 Å². The summed E-state index contributed by atoms with van der Waals surface area (Å²) < 4.78 is 32.5. The van der Waals surface area contributed by atoms with E-state index in [0.717, 1.165) is 28.2 Å². The molecule has 1 aliphatic heterocycles. The maximum absolute atomic E-state index is 13.7. The van der Waals surface area contributed by atoms with Crippen LogP contribution < -0.4 is 10.1 Å². The summed E-state index contributed by atoms with van der Waals surface area (Å²) in [4.78, 5) is 38.1. The highest BCUT2D eigenvalue weighted by atomic mass is 32.2. The number of nitrogens with one attached hydrogen (secondary N) is 1. The lowest BCUT2D eigenvalue weighted by Crippen LogP contribution is -2.36. The van der Waals surface area contributed by atoms with Gasteiger partial charge >= 0.3 is 0 Å². The zero-order chi connectivity index (χ0) is 24.9. The number of carbonyl (C=O) groups excluding carboxylic acids is 3. The highest BCUT2D eigenvalue weighted by molar-refractivity contribution is 8.18. The Morgan fingerprint density at radius 1 is 1.06 bits per heavy atom. The van der Waals surface area contributed by atoms with Gasteiger partial charge in [-0.15, -0.1) is 0 Å².